The largest absolute Gasteiger partial charge is 0.475 e. The van der Waals surface area contributed by atoms with Crippen molar-refractivity contribution in [2.24, 2.45) is 4.99 Å². The lowest BCUT2D eigenvalue weighted by Crippen LogP contribution is -2.22. The summed E-state index contributed by atoms with van der Waals surface area (Å²) in [6.07, 6.45) is 0. The van der Waals surface area contributed by atoms with Gasteiger partial charge in [0.15, 0.2) is 0 Å². The summed E-state index contributed by atoms with van der Waals surface area (Å²) in [5, 5.41) is 4.00. The maximum Gasteiger partial charge on any atom is 0.217 e. The van der Waals surface area contributed by atoms with Crippen LogP contribution >= 0.6 is 7.92 Å². The topological polar surface area (TPSA) is 21.6 Å². The van der Waals surface area contributed by atoms with Crippen LogP contribution in [0.3, 0.4) is 0 Å². The second-order valence-corrected chi connectivity index (χ2v) is 10.9. The Labute approximate surface area is 213 Å². The molecule has 5 aromatic rings. The Morgan fingerprint density at radius 3 is 1.67 bits per heavy atom. The molecule has 0 unspecified atom stereocenters. The quantitative estimate of drug-likeness (QED) is 0.249. The van der Waals surface area contributed by atoms with Gasteiger partial charge < -0.3 is 4.74 Å². The van der Waals surface area contributed by atoms with Crippen molar-refractivity contribution in [2.75, 3.05) is 6.61 Å². The van der Waals surface area contributed by atoms with Crippen LogP contribution in [0, 0.1) is 0 Å². The average Bonchev–Trinajstić information content (AvgIpc) is 3.46. The van der Waals surface area contributed by atoms with Gasteiger partial charge in [-0.2, -0.15) is 0 Å². The van der Waals surface area contributed by atoms with E-state index in [0.29, 0.717) is 6.61 Å². The minimum absolute atomic E-state index is 0.0234. The highest BCUT2D eigenvalue weighted by molar-refractivity contribution is 7.80. The Bertz CT molecular complexity index is 1440. The van der Waals surface area contributed by atoms with Gasteiger partial charge >= 0.3 is 0 Å². The predicted octanol–water partition coefficient (Wildman–Crippen LogP) is 6.63. The summed E-state index contributed by atoms with van der Waals surface area (Å²) < 4.78 is 6.19. The van der Waals surface area contributed by atoms with Gasteiger partial charge in [0.25, 0.3) is 0 Å². The third kappa shape index (κ3) is 4.49. The van der Waals surface area contributed by atoms with E-state index in [1.54, 1.807) is 0 Å². The first kappa shape index (κ1) is 22.5. The van der Waals surface area contributed by atoms with E-state index < -0.39 is 7.92 Å². The Morgan fingerprint density at radius 1 is 0.528 bits per heavy atom. The molecule has 2 nitrogen and oxygen atoms in total. The van der Waals surface area contributed by atoms with E-state index in [4.69, 9.17) is 9.73 Å². The van der Waals surface area contributed by atoms with Gasteiger partial charge in [0.05, 0.1) is 0 Å². The van der Waals surface area contributed by atoms with Gasteiger partial charge in [0.1, 0.15) is 12.6 Å². The van der Waals surface area contributed by atoms with E-state index in [9.17, 15) is 0 Å². The molecule has 0 saturated carbocycles. The van der Waals surface area contributed by atoms with Crippen molar-refractivity contribution < 1.29 is 4.74 Å². The molecule has 1 aliphatic heterocycles. The predicted molar refractivity (Wildman–Crippen MR) is 152 cm³/mol. The molecule has 36 heavy (non-hydrogen) atoms. The zero-order valence-electron chi connectivity index (χ0n) is 19.9. The summed E-state index contributed by atoms with van der Waals surface area (Å²) in [5.74, 6) is 0.720. The van der Waals surface area contributed by atoms with Gasteiger partial charge in [-0.25, -0.2) is 4.99 Å². The molecule has 1 atom stereocenters. The van der Waals surface area contributed by atoms with Crippen LogP contribution in [0.4, 0.5) is 0 Å². The SMILES string of the molecule is c1ccc([C@@H]2COC(c3ccccc3-c3ccccc3P(c3ccccc3)c3ccccc3)=N2)cc1. The minimum atomic E-state index is -0.741. The smallest absolute Gasteiger partial charge is 0.217 e. The Hall–Kier alpha value is -4.00. The van der Waals surface area contributed by atoms with Gasteiger partial charge in [0.2, 0.25) is 5.90 Å². The molecule has 174 valence electrons. The van der Waals surface area contributed by atoms with Crippen LogP contribution < -0.4 is 15.9 Å². The van der Waals surface area contributed by atoms with Gasteiger partial charge in [-0.15, -0.1) is 0 Å². The Kier molecular flexibility index (Phi) is 6.44. The molecule has 0 spiro atoms. The number of rotatable bonds is 6. The normalized spacial score (nSPS) is 14.9. The summed E-state index contributed by atoms with van der Waals surface area (Å²) in [6, 6.07) is 49.4. The molecule has 0 aliphatic carbocycles. The third-order valence-electron chi connectivity index (χ3n) is 6.46. The summed E-state index contributed by atoms with van der Waals surface area (Å²) in [7, 11) is -0.741. The summed E-state index contributed by atoms with van der Waals surface area (Å²) in [6.45, 7) is 0.566. The lowest BCUT2D eigenvalue weighted by molar-refractivity contribution is 0.320. The summed E-state index contributed by atoms with van der Waals surface area (Å²) in [5.41, 5.74) is 4.60. The van der Waals surface area contributed by atoms with Crippen molar-refractivity contribution in [3.63, 3.8) is 0 Å². The minimum Gasteiger partial charge on any atom is -0.475 e. The lowest BCUT2D eigenvalue weighted by Gasteiger charge is -2.23. The van der Waals surface area contributed by atoms with Crippen LogP contribution in [0.25, 0.3) is 11.1 Å². The van der Waals surface area contributed by atoms with E-state index in [1.165, 1.54) is 27.0 Å². The highest BCUT2D eigenvalue weighted by Crippen LogP contribution is 2.38. The first-order chi connectivity index (χ1) is 17.9. The molecule has 0 aromatic heterocycles. The molecule has 5 aromatic carbocycles. The fourth-order valence-electron chi connectivity index (χ4n) is 4.75. The van der Waals surface area contributed by atoms with Gasteiger partial charge in [-0.1, -0.05) is 133 Å². The van der Waals surface area contributed by atoms with Gasteiger partial charge in [-0.05, 0) is 46.6 Å². The van der Waals surface area contributed by atoms with Crippen molar-refractivity contribution in [2.45, 2.75) is 6.04 Å². The summed E-state index contributed by atoms with van der Waals surface area (Å²) >= 11 is 0. The van der Waals surface area contributed by atoms with Gasteiger partial charge in [0, 0.05) is 5.56 Å². The van der Waals surface area contributed by atoms with Crippen LogP contribution in [0.2, 0.25) is 0 Å². The molecule has 0 N–H and O–H groups in total. The van der Waals surface area contributed by atoms with Crippen LogP contribution in [-0.2, 0) is 4.74 Å². The highest BCUT2D eigenvalue weighted by atomic mass is 31.1. The number of aliphatic imine (C=N–C) groups is 1. The van der Waals surface area contributed by atoms with E-state index in [0.717, 1.165) is 17.0 Å². The molecule has 0 radical (unpaired) electrons. The molecular formula is C33H26NOP. The molecule has 6 rings (SSSR count). The fourth-order valence-corrected chi connectivity index (χ4v) is 7.22. The van der Waals surface area contributed by atoms with Crippen molar-refractivity contribution in [3.8, 4) is 11.1 Å². The maximum absolute atomic E-state index is 6.19. The molecule has 1 aliphatic rings. The number of nitrogens with zero attached hydrogens (tertiary/aromatic N) is 1. The van der Waals surface area contributed by atoms with Crippen LogP contribution in [-0.4, -0.2) is 12.5 Å². The van der Waals surface area contributed by atoms with Crippen molar-refractivity contribution in [3.05, 3.63) is 151 Å². The second-order valence-electron chi connectivity index (χ2n) is 8.74. The number of hydrogen-bond acceptors (Lipinski definition) is 2. The lowest BCUT2D eigenvalue weighted by atomic mass is 9.99. The zero-order valence-corrected chi connectivity index (χ0v) is 20.8. The number of benzene rings is 5. The monoisotopic (exact) mass is 483 g/mol. The Balaban J connectivity index is 1.48. The fraction of sp³-hybridized carbons (Fsp3) is 0.0606. The second kappa shape index (κ2) is 10.3. The zero-order chi connectivity index (χ0) is 24.2. The molecular weight excluding hydrogens is 457 g/mol. The molecule has 0 saturated heterocycles. The average molecular weight is 484 g/mol. The number of hydrogen-bond donors (Lipinski definition) is 0. The molecule has 1 heterocycles. The van der Waals surface area contributed by atoms with E-state index >= 15 is 0 Å². The van der Waals surface area contributed by atoms with Crippen molar-refractivity contribution in [1.29, 1.82) is 0 Å². The van der Waals surface area contributed by atoms with Crippen LogP contribution in [0.1, 0.15) is 17.2 Å². The number of ether oxygens (including phenoxy) is 1. The molecule has 0 bridgehead atoms. The van der Waals surface area contributed by atoms with Crippen LogP contribution in [0.15, 0.2) is 145 Å². The summed E-state index contributed by atoms with van der Waals surface area (Å²) in [4.78, 5) is 5.01. The first-order valence-electron chi connectivity index (χ1n) is 12.2. The first-order valence-corrected chi connectivity index (χ1v) is 13.6. The van der Waals surface area contributed by atoms with E-state index in [-0.39, 0.29) is 6.04 Å². The van der Waals surface area contributed by atoms with Crippen LogP contribution in [0.5, 0.6) is 0 Å². The third-order valence-corrected chi connectivity index (χ3v) is 8.96. The van der Waals surface area contributed by atoms with E-state index in [2.05, 4.69) is 133 Å². The highest BCUT2D eigenvalue weighted by Gasteiger charge is 2.26. The Morgan fingerprint density at radius 2 is 1.03 bits per heavy atom. The van der Waals surface area contributed by atoms with Crippen molar-refractivity contribution >= 4 is 29.7 Å². The van der Waals surface area contributed by atoms with E-state index in [1.807, 2.05) is 6.07 Å². The standard InChI is InChI=1S/C33H26NOP/c1-4-14-25(15-5-1)31-24-35-33(34-31)30-22-11-10-20-28(30)29-21-12-13-23-32(29)36(26-16-6-2-7-17-26)27-18-8-3-9-19-27/h1-23,31H,24H2/t31-/m0/s1. The van der Waals surface area contributed by atoms with Crippen molar-refractivity contribution in [1.82, 2.24) is 0 Å². The molecule has 3 heteroatoms. The maximum atomic E-state index is 6.19. The molecule has 0 fully saturated rings. The van der Waals surface area contributed by atoms with Gasteiger partial charge in [-0.3, -0.25) is 0 Å². The molecule has 0 amide bonds.